The number of rotatable bonds is 7. The van der Waals surface area contributed by atoms with E-state index in [0.717, 1.165) is 41.8 Å². The molecule has 1 fully saturated rings. The second-order valence-corrected chi connectivity index (χ2v) is 9.80. The Morgan fingerprint density at radius 2 is 1.97 bits per heavy atom. The lowest BCUT2D eigenvalue weighted by Gasteiger charge is -2.12. The Hall–Kier alpha value is -2.78. The van der Waals surface area contributed by atoms with Crippen molar-refractivity contribution in [3.63, 3.8) is 0 Å². The van der Waals surface area contributed by atoms with Crippen molar-refractivity contribution in [2.75, 3.05) is 17.1 Å². The van der Waals surface area contributed by atoms with Crippen LogP contribution in [0.1, 0.15) is 31.4 Å². The molecule has 2 N–H and O–H groups in total. The number of hydrogen-bond acceptors (Lipinski definition) is 5. The van der Waals surface area contributed by atoms with Crippen LogP contribution in [0, 0.1) is 18.7 Å². The molecular formula is C23H24FN3O3S2. The van der Waals surface area contributed by atoms with Crippen LogP contribution in [0.5, 0.6) is 5.75 Å². The molecule has 1 unspecified atom stereocenters. The Kier molecular flexibility index (Phi) is 6.86. The van der Waals surface area contributed by atoms with Crippen LogP contribution in [0.25, 0.3) is 10.4 Å². The minimum Gasteiger partial charge on any atom is -0.495 e. The van der Waals surface area contributed by atoms with Crippen LogP contribution in [0.2, 0.25) is 0 Å². The van der Waals surface area contributed by atoms with E-state index in [4.69, 9.17) is 4.74 Å². The van der Waals surface area contributed by atoms with Crippen LogP contribution in [0.3, 0.4) is 0 Å². The summed E-state index contributed by atoms with van der Waals surface area (Å²) in [4.78, 5) is 18.2. The fraction of sp³-hybridized carbons (Fsp3) is 0.304. The number of amides is 1. The molecule has 32 heavy (non-hydrogen) atoms. The number of anilines is 2. The number of ether oxygens (including phenoxy) is 1. The zero-order chi connectivity index (χ0) is 22.7. The van der Waals surface area contributed by atoms with Crippen LogP contribution in [-0.2, 0) is 15.8 Å². The average molecular weight is 474 g/mol. The lowest BCUT2D eigenvalue weighted by Crippen LogP contribution is -2.20. The summed E-state index contributed by atoms with van der Waals surface area (Å²) in [5, 5.41) is 3.50. The van der Waals surface area contributed by atoms with Gasteiger partial charge >= 0.3 is 0 Å². The van der Waals surface area contributed by atoms with Crippen LogP contribution in [-0.4, -0.2) is 22.2 Å². The van der Waals surface area contributed by atoms with Gasteiger partial charge in [-0.15, -0.1) is 0 Å². The van der Waals surface area contributed by atoms with Gasteiger partial charge in [-0.05, 0) is 55.7 Å². The molecule has 0 spiro atoms. The predicted octanol–water partition coefficient (Wildman–Crippen LogP) is 5.53. The van der Waals surface area contributed by atoms with E-state index in [0.29, 0.717) is 15.8 Å². The monoisotopic (exact) mass is 473 g/mol. The van der Waals surface area contributed by atoms with Crippen molar-refractivity contribution in [2.24, 2.45) is 5.92 Å². The zero-order valence-corrected chi connectivity index (χ0v) is 19.4. The van der Waals surface area contributed by atoms with E-state index in [1.165, 1.54) is 30.6 Å². The smallest absolute Gasteiger partial charge is 0.229 e. The van der Waals surface area contributed by atoms with Crippen molar-refractivity contribution in [3.8, 4) is 16.2 Å². The molecule has 0 saturated heterocycles. The van der Waals surface area contributed by atoms with Gasteiger partial charge in [-0.25, -0.2) is 13.6 Å². The topological polar surface area (TPSA) is 80.3 Å². The number of benzene rings is 2. The van der Waals surface area contributed by atoms with E-state index in [-0.39, 0.29) is 17.5 Å². The number of halogens is 1. The molecule has 6 nitrogen and oxygen atoms in total. The molecule has 1 amide bonds. The first-order valence-corrected chi connectivity index (χ1v) is 12.3. The first kappa shape index (κ1) is 22.4. The highest BCUT2D eigenvalue weighted by Crippen LogP contribution is 2.37. The van der Waals surface area contributed by atoms with Gasteiger partial charge in [0, 0.05) is 5.92 Å². The summed E-state index contributed by atoms with van der Waals surface area (Å²) >= 11 is 1.38. The van der Waals surface area contributed by atoms with E-state index >= 15 is 0 Å². The second kappa shape index (κ2) is 9.79. The van der Waals surface area contributed by atoms with E-state index in [2.05, 4.69) is 15.0 Å². The van der Waals surface area contributed by atoms with Gasteiger partial charge in [-0.3, -0.25) is 9.52 Å². The van der Waals surface area contributed by atoms with Crippen molar-refractivity contribution in [1.82, 2.24) is 4.98 Å². The third kappa shape index (κ3) is 4.83. The standard InChI is InChI=1S/C23H24FN3O3S2/c1-14-21(31-23(25-14)26-22(28)15-7-3-4-8-15)16-11-12-19(30-2)20(13-16)32(29)27-18-10-6-5-9-17(18)24/h5-6,9-13,15,27H,3-4,7-8H2,1-2H3,(H,25,26,28). The summed E-state index contributed by atoms with van der Waals surface area (Å²) in [5.41, 5.74) is 1.70. The molecule has 1 aliphatic carbocycles. The summed E-state index contributed by atoms with van der Waals surface area (Å²) in [6, 6.07) is 11.4. The highest BCUT2D eigenvalue weighted by Gasteiger charge is 2.24. The van der Waals surface area contributed by atoms with Gasteiger partial charge in [0.15, 0.2) is 16.1 Å². The number of thiazole rings is 1. The summed E-state index contributed by atoms with van der Waals surface area (Å²) in [7, 11) is -0.258. The lowest BCUT2D eigenvalue weighted by atomic mass is 10.1. The van der Waals surface area contributed by atoms with Crippen LogP contribution in [0.4, 0.5) is 15.2 Å². The fourth-order valence-corrected chi connectivity index (χ4v) is 5.78. The summed E-state index contributed by atoms with van der Waals surface area (Å²) in [6.45, 7) is 1.87. The van der Waals surface area contributed by atoms with Crippen molar-refractivity contribution in [3.05, 3.63) is 54.0 Å². The van der Waals surface area contributed by atoms with Crippen LogP contribution >= 0.6 is 11.3 Å². The van der Waals surface area contributed by atoms with E-state index in [1.54, 1.807) is 24.3 Å². The lowest BCUT2D eigenvalue weighted by molar-refractivity contribution is -0.119. The molecule has 2 aromatic carbocycles. The van der Waals surface area contributed by atoms with E-state index < -0.39 is 16.8 Å². The Morgan fingerprint density at radius 1 is 1.22 bits per heavy atom. The number of hydrogen-bond donors (Lipinski definition) is 2. The van der Waals surface area contributed by atoms with Gasteiger partial charge < -0.3 is 10.1 Å². The highest BCUT2D eigenvalue weighted by atomic mass is 32.2. The quantitative estimate of drug-likeness (QED) is 0.473. The van der Waals surface area contributed by atoms with Crippen molar-refractivity contribution >= 4 is 39.0 Å². The highest BCUT2D eigenvalue weighted by molar-refractivity contribution is 7.86. The van der Waals surface area contributed by atoms with Gasteiger partial charge in [0.2, 0.25) is 5.91 Å². The van der Waals surface area contributed by atoms with E-state index in [9.17, 15) is 13.4 Å². The Morgan fingerprint density at radius 3 is 2.69 bits per heavy atom. The van der Waals surface area contributed by atoms with Gasteiger partial charge in [-0.1, -0.05) is 36.3 Å². The molecule has 0 aliphatic heterocycles. The maximum Gasteiger partial charge on any atom is 0.229 e. The molecule has 4 rings (SSSR count). The second-order valence-electron chi connectivity index (χ2n) is 7.62. The zero-order valence-electron chi connectivity index (χ0n) is 17.8. The number of methoxy groups -OCH3 is 1. The molecule has 3 aromatic rings. The third-order valence-corrected chi connectivity index (χ3v) is 7.70. The molecule has 168 valence electrons. The number of carbonyl (C=O) groups excluding carboxylic acids is 1. The summed E-state index contributed by atoms with van der Waals surface area (Å²) in [6.07, 6.45) is 4.03. The Labute approximate surface area is 192 Å². The molecule has 1 atom stereocenters. The summed E-state index contributed by atoms with van der Waals surface area (Å²) in [5.74, 6) is 0.0142. The molecule has 0 radical (unpaired) electrons. The molecular weight excluding hydrogens is 449 g/mol. The molecule has 0 bridgehead atoms. The first-order valence-electron chi connectivity index (χ1n) is 10.4. The molecule has 1 aromatic heterocycles. The van der Waals surface area contributed by atoms with Crippen molar-refractivity contribution in [2.45, 2.75) is 37.5 Å². The van der Waals surface area contributed by atoms with Crippen LogP contribution in [0.15, 0.2) is 47.4 Å². The van der Waals surface area contributed by atoms with Crippen molar-refractivity contribution in [1.29, 1.82) is 0 Å². The average Bonchev–Trinajstić information content (AvgIpc) is 3.45. The fourth-order valence-electron chi connectivity index (χ4n) is 3.77. The van der Waals surface area contributed by atoms with Crippen molar-refractivity contribution < 1.29 is 18.1 Å². The normalized spacial score (nSPS) is 14.8. The van der Waals surface area contributed by atoms with Gasteiger partial charge in [-0.2, -0.15) is 0 Å². The number of para-hydroxylation sites is 1. The number of nitrogens with zero attached hydrogens (tertiary/aromatic N) is 1. The Bertz CT molecular complexity index is 1160. The van der Waals surface area contributed by atoms with Gasteiger partial charge in [0.1, 0.15) is 16.5 Å². The number of nitrogens with one attached hydrogen (secondary N) is 2. The molecule has 1 heterocycles. The maximum absolute atomic E-state index is 14.0. The largest absolute Gasteiger partial charge is 0.495 e. The maximum atomic E-state index is 14.0. The first-order chi connectivity index (χ1) is 15.5. The minimum absolute atomic E-state index is 0.0217. The SMILES string of the molecule is COc1ccc(-c2sc(NC(=O)C3CCCC3)nc2C)cc1S(=O)Nc1ccccc1F. The third-order valence-electron chi connectivity index (χ3n) is 5.45. The van der Waals surface area contributed by atoms with Gasteiger partial charge in [0.25, 0.3) is 0 Å². The minimum atomic E-state index is -1.75. The molecule has 9 heteroatoms. The molecule has 1 saturated carbocycles. The van der Waals surface area contributed by atoms with Crippen LogP contribution < -0.4 is 14.8 Å². The van der Waals surface area contributed by atoms with E-state index in [1.807, 2.05) is 13.0 Å². The number of aryl methyl sites for hydroxylation is 1. The summed E-state index contributed by atoms with van der Waals surface area (Å²) < 4.78 is 35.1. The predicted molar refractivity (Wildman–Crippen MR) is 126 cm³/mol. The van der Waals surface area contributed by atoms with Gasteiger partial charge in [0.05, 0.1) is 23.4 Å². The Balaban J connectivity index is 1.59. The number of carbonyl (C=O) groups is 1. The number of aromatic nitrogens is 1. The molecule has 1 aliphatic rings.